The Labute approximate surface area is 125 Å². The van der Waals surface area contributed by atoms with E-state index >= 15 is 0 Å². The molecule has 1 aromatic rings. The number of carbonyl (C=O) groups excluding carboxylic acids is 1. The van der Waals surface area contributed by atoms with Gasteiger partial charge in [-0.05, 0) is 25.0 Å². The van der Waals surface area contributed by atoms with Crippen LogP contribution in [0.15, 0.2) is 30.3 Å². The molecular formula is C14H21NO3S2. The van der Waals surface area contributed by atoms with Gasteiger partial charge in [-0.25, -0.2) is 4.21 Å². The number of nitrogens with zero attached hydrogens (tertiary/aromatic N) is 1. The summed E-state index contributed by atoms with van der Waals surface area (Å²) in [4.78, 5) is 13.7. The number of hydrogen-bond acceptors (Lipinski definition) is 3. The largest absolute Gasteiger partial charge is 0.316 e. The van der Waals surface area contributed by atoms with Crippen LogP contribution < -0.4 is 4.90 Å². The fourth-order valence-electron chi connectivity index (χ4n) is 1.76. The van der Waals surface area contributed by atoms with Crippen molar-refractivity contribution >= 4 is 32.5 Å². The first-order valence-electron chi connectivity index (χ1n) is 6.61. The van der Waals surface area contributed by atoms with Gasteiger partial charge in [0, 0.05) is 40.8 Å². The van der Waals surface area contributed by atoms with Gasteiger partial charge in [-0.15, -0.1) is 0 Å². The molecule has 1 amide bonds. The highest BCUT2D eigenvalue weighted by Gasteiger charge is 2.20. The normalized spacial score (nSPS) is 13.7. The SMILES string of the molecule is CCS(=O)C(=O)N(CCCCS(C)=O)c1ccccc1. The minimum atomic E-state index is -1.49. The van der Waals surface area contributed by atoms with Crippen LogP contribution in [0.2, 0.25) is 0 Å². The average Bonchev–Trinajstić information content (AvgIpc) is 2.46. The number of anilines is 1. The summed E-state index contributed by atoms with van der Waals surface area (Å²) < 4.78 is 22.8. The van der Waals surface area contributed by atoms with Crippen molar-refractivity contribution in [3.8, 4) is 0 Å². The van der Waals surface area contributed by atoms with Gasteiger partial charge in [-0.3, -0.25) is 9.00 Å². The minimum absolute atomic E-state index is 0.321. The zero-order valence-electron chi connectivity index (χ0n) is 11.9. The quantitative estimate of drug-likeness (QED) is 0.727. The molecule has 0 heterocycles. The number of rotatable bonds is 7. The van der Waals surface area contributed by atoms with Crippen LogP contribution >= 0.6 is 0 Å². The van der Waals surface area contributed by atoms with Gasteiger partial charge in [0.2, 0.25) is 0 Å². The van der Waals surface area contributed by atoms with E-state index in [9.17, 15) is 13.2 Å². The van der Waals surface area contributed by atoms with Gasteiger partial charge in [-0.2, -0.15) is 0 Å². The lowest BCUT2D eigenvalue weighted by atomic mass is 10.2. The Morgan fingerprint density at radius 2 is 1.80 bits per heavy atom. The summed E-state index contributed by atoms with van der Waals surface area (Å²) in [6, 6.07) is 9.26. The van der Waals surface area contributed by atoms with Crippen molar-refractivity contribution in [3.05, 3.63) is 30.3 Å². The van der Waals surface area contributed by atoms with Crippen LogP contribution in [0.3, 0.4) is 0 Å². The van der Waals surface area contributed by atoms with Crippen molar-refractivity contribution in [2.75, 3.05) is 29.2 Å². The van der Waals surface area contributed by atoms with E-state index in [-0.39, 0.29) is 5.24 Å². The second-order valence-electron chi connectivity index (χ2n) is 4.37. The lowest BCUT2D eigenvalue weighted by Gasteiger charge is -2.22. The number of carbonyl (C=O) groups is 1. The molecule has 1 rings (SSSR count). The van der Waals surface area contributed by atoms with Gasteiger partial charge in [0.05, 0.1) is 0 Å². The molecule has 2 unspecified atom stereocenters. The number of para-hydroxylation sites is 1. The van der Waals surface area contributed by atoms with Gasteiger partial charge in [-0.1, -0.05) is 25.1 Å². The second-order valence-corrected chi connectivity index (χ2v) is 7.54. The molecule has 0 aliphatic carbocycles. The smallest absolute Gasteiger partial charge is 0.301 e. The fourth-order valence-corrected chi connectivity index (χ4v) is 3.06. The standard InChI is InChI=1S/C14H21NO3S2/c1-3-20(18)14(16)15(11-7-8-12-19(2)17)13-9-5-4-6-10-13/h4-6,9-10H,3,7-8,11-12H2,1-2H3. The van der Waals surface area contributed by atoms with E-state index in [4.69, 9.17) is 0 Å². The van der Waals surface area contributed by atoms with Gasteiger partial charge >= 0.3 is 5.24 Å². The summed E-state index contributed by atoms with van der Waals surface area (Å²) >= 11 is 0. The highest BCUT2D eigenvalue weighted by Crippen LogP contribution is 2.16. The van der Waals surface area contributed by atoms with E-state index in [1.807, 2.05) is 30.3 Å². The molecule has 4 nitrogen and oxygen atoms in total. The first kappa shape index (κ1) is 17.0. The first-order chi connectivity index (χ1) is 9.56. The maximum Gasteiger partial charge on any atom is 0.316 e. The van der Waals surface area contributed by atoms with E-state index < -0.39 is 21.6 Å². The van der Waals surface area contributed by atoms with E-state index in [1.165, 1.54) is 0 Å². The molecule has 0 saturated carbocycles. The molecule has 1 aromatic carbocycles. The van der Waals surface area contributed by atoms with Crippen LogP contribution in [0, 0.1) is 0 Å². The third-order valence-electron chi connectivity index (χ3n) is 2.81. The van der Waals surface area contributed by atoms with E-state index in [2.05, 4.69) is 0 Å². The number of amides is 1. The summed E-state index contributed by atoms with van der Waals surface area (Å²) in [6.45, 7) is 2.24. The monoisotopic (exact) mass is 315 g/mol. The minimum Gasteiger partial charge on any atom is -0.301 e. The van der Waals surface area contributed by atoms with Crippen LogP contribution in [0.4, 0.5) is 10.5 Å². The lowest BCUT2D eigenvalue weighted by molar-refractivity contribution is 0.264. The molecule has 0 N–H and O–H groups in total. The lowest BCUT2D eigenvalue weighted by Crippen LogP contribution is -2.34. The molecule has 0 spiro atoms. The Hall–Kier alpha value is -1.01. The number of hydrogen-bond donors (Lipinski definition) is 0. The predicted octanol–water partition coefficient (Wildman–Crippen LogP) is 2.54. The summed E-state index contributed by atoms with van der Waals surface area (Å²) in [6.07, 6.45) is 3.21. The fraction of sp³-hybridized carbons (Fsp3) is 0.500. The van der Waals surface area contributed by atoms with Crippen LogP contribution in [0.5, 0.6) is 0 Å². The summed E-state index contributed by atoms with van der Waals surface area (Å²) in [7, 11) is -2.30. The van der Waals surface area contributed by atoms with Crippen molar-refractivity contribution in [3.63, 3.8) is 0 Å². The van der Waals surface area contributed by atoms with E-state index in [1.54, 1.807) is 18.1 Å². The average molecular weight is 315 g/mol. The van der Waals surface area contributed by atoms with Crippen molar-refractivity contribution in [2.24, 2.45) is 0 Å². The Morgan fingerprint density at radius 1 is 1.15 bits per heavy atom. The maximum absolute atomic E-state index is 12.2. The molecule has 112 valence electrons. The molecular weight excluding hydrogens is 294 g/mol. The highest BCUT2D eigenvalue weighted by atomic mass is 32.2. The van der Waals surface area contributed by atoms with Crippen molar-refractivity contribution in [2.45, 2.75) is 19.8 Å². The zero-order chi connectivity index (χ0) is 15.0. The molecule has 20 heavy (non-hydrogen) atoms. The number of benzene rings is 1. The zero-order valence-corrected chi connectivity index (χ0v) is 13.5. The molecule has 0 aromatic heterocycles. The summed E-state index contributed by atoms with van der Waals surface area (Å²) in [5.74, 6) is 0.953. The van der Waals surface area contributed by atoms with E-state index in [0.29, 0.717) is 18.1 Å². The molecule has 0 radical (unpaired) electrons. The summed E-state index contributed by atoms with van der Waals surface area (Å²) in [5.41, 5.74) is 0.761. The van der Waals surface area contributed by atoms with E-state index in [0.717, 1.165) is 18.5 Å². The van der Waals surface area contributed by atoms with Crippen LogP contribution in [-0.4, -0.2) is 38.0 Å². The summed E-state index contributed by atoms with van der Waals surface area (Å²) in [5, 5.41) is -0.351. The van der Waals surface area contributed by atoms with Gasteiger partial charge < -0.3 is 4.90 Å². The van der Waals surface area contributed by atoms with Crippen LogP contribution in [0.25, 0.3) is 0 Å². The third-order valence-corrected chi connectivity index (χ3v) is 4.81. The van der Waals surface area contributed by atoms with Crippen molar-refractivity contribution < 1.29 is 13.2 Å². The van der Waals surface area contributed by atoms with Crippen molar-refractivity contribution in [1.82, 2.24) is 0 Å². The second kappa shape index (κ2) is 9.02. The maximum atomic E-state index is 12.2. The molecule has 0 aliphatic heterocycles. The van der Waals surface area contributed by atoms with Gasteiger partial charge in [0.1, 0.15) is 10.8 Å². The van der Waals surface area contributed by atoms with Gasteiger partial charge in [0.25, 0.3) is 0 Å². The molecule has 2 atom stereocenters. The van der Waals surface area contributed by atoms with Crippen LogP contribution in [0.1, 0.15) is 19.8 Å². The Kier molecular flexibility index (Phi) is 7.69. The highest BCUT2D eigenvalue weighted by molar-refractivity contribution is 8.00. The number of unbranched alkanes of at least 4 members (excludes halogenated alkanes) is 1. The Balaban J connectivity index is 2.72. The molecule has 0 saturated heterocycles. The first-order valence-corrected chi connectivity index (χ1v) is 9.65. The molecule has 6 heteroatoms. The third kappa shape index (κ3) is 5.54. The Morgan fingerprint density at radius 3 is 2.35 bits per heavy atom. The van der Waals surface area contributed by atoms with Crippen molar-refractivity contribution in [1.29, 1.82) is 0 Å². The molecule has 0 aliphatic rings. The molecule has 0 fully saturated rings. The Bertz CT molecular complexity index is 477. The predicted molar refractivity (Wildman–Crippen MR) is 86.0 cm³/mol. The van der Waals surface area contributed by atoms with Gasteiger partial charge in [0.15, 0.2) is 0 Å². The topological polar surface area (TPSA) is 54.5 Å². The molecule has 0 bridgehead atoms. The van der Waals surface area contributed by atoms with Crippen LogP contribution in [-0.2, 0) is 21.6 Å².